The van der Waals surface area contributed by atoms with Crippen LogP contribution < -0.4 is 4.72 Å². The Bertz CT molecular complexity index is 546. The Kier molecular flexibility index (Phi) is 4.07. The molecular formula is C9H9ClFNO4S. The molecule has 0 amide bonds. The summed E-state index contributed by atoms with van der Waals surface area (Å²) in [7, 11) is -4.08. The van der Waals surface area contributed by atoms with Crippen molar-refractivity contribution in [3.8, 4) is 0 Å². The summed E-state index contributed by atoms with van der Waals surface area (Å²) >= 11 is 5.57. The van der Waals surface area contributed by atoms with E-state index in [2.05, 4.69) is 0 Å². The van der Waals surface area contributed by atoms with Crippen molar-refractivity contribution in [2.24, 2.45) is 0 Å². The Morgan fingerprint density at radius 2 is 2.12 bits per heavy atom. The molecule has 8 heteroatoms. The van der Waals surface area contributed by atoms with Crippen LogP contribution in [-0.4, -0.2) is 25.5 Å². The van der Waals surface area contributed by atoms with Gasteiger partial charge < -0.3 is 5.11 Å². The third-order valence-electron chi connectivity index (χ3n) is 1.89. The summed E-state index contributed by atoms with van der Waals surface area (Å²) in [4.78, 5) is 10.2. The molecule has 0 saturated carbocycles. The number of carbonyl (C=O) groups is 1. The van der Waals surface area contributed by atoms with Gasteiger partial charge in [0.1, 0.15) is 16.8 Å². The minimum absolute atomic E-state index is 0.310. The van der Waals surface area contributed by atoms with Gasteiger partial charge in [0, 0.05) is 0 Å². The first-order valence-corrected chi connectivity index (χ1v) is 6.30. The van der Waals surface area contributed by atoms with Crippen molar-refractivity contribution in [3.63, 3.8) is 0 Å². The fourth-order valence-corrected chi connectivity index (χ4v) is 2.77. The zero-order valence-corrected chi connectivity index (χ0v) is 10.2. The van der Waals surface area contributed by atoms with E-state index < -0.39 is 27.9 Å². The highest BCUT2D eigenvalue weighted by Gasteiger charge is 2.23. The molecular weight excluding hydrogens is 273 g/mol. The topological polar surface area (TPSA) is 83.5 Å². The van der Waals surface area contributed by atoms with Crippen LogP contribution in [-0.2, 0) is 14.8 Å². The van der Waals surface area contributed by atoms with Crippen LogP contribution in [0.2, 0.25) is 5.02 Å². The summed E-state index contributed by atoms with van der Waals surface area (Å²) < 4.78 is 38.0. The Balaban J connectivity index is 3.10. The zero-order valence-electron chi connectivity index (χ0n) is 8.65. The van der Waals surface area contributed by atoms with Gasteiger partial charge in [-0.3, -0.25) is 4.79 Å². The van der Waals surface area contributed by atoms with Crippen molar-refractivity contribution in [3.05, 3.63) is 29.0 Å². The highest BCUT2D eigenvalue weighted by Crippen LogP contribution is 2.22. The smallest absolute Gasteiger partial charge is 0.321 e. The minimum atomic E-state index is -4.08. The maximum absolute atomic E-state index is 12.7. The van der Waals surface area contributed by atoms with Gasteiger partial charge in [0.25, 0.3) is 0 Å². The summed E-state index contributed by atoms with van der Waals surface area (Å²) in [6.45, 7) is 1.16. The molecule has 0 fully saturated rings. The highest BCUT2D eigenvalue weighted by atomic mass is 35.5. The molecule has 1 aromatic carbocycles. The molecule has 0 bridgehead atoms. The van der Waals surface area contributed by atoms with Gasteiger partial charge in [0.2, 0.25) is 10.0 Å². The number of hydrogen-bond acceptors (Lipinski definition) is 3. The molecule has 0 aliphatic heterocycles. The first-order valence-electron chi connectivity index (χ1n) is 4.44. The lowest BCUT2D eigenvalue weighted by Crippen LogP contribution is -2.38. The largest absolute Gasteiger partial charge is 0.480 e. The molecule has 0 heterocycles. The lowest BCUT2D eigenvalue weighted by Gasteiger charge is -2.11. The van der Waals surface area contributed by atoms with E-state index in [9.17, 15) is 17.6 Å². The second kappa shape index (κ2) is 4.99. The molecule has 1 unspecified atom stereocenters. The molecule has 2 N–H and O–H groups in total. The number of carboxylic acid groups (broad SMARTS) is 1. The van der Waals surface area contributed by atoms with Crippen LogP contribution in [0.4, 0.5) is 4.39 Å². The van der Waals surface area contributed by atoms with Crippen molar-refractivity contribution < 1.29 is 22.7 Å². The van der Waals surface area contributed by atoms with E-state index in [1.54, 1.807) is 0 Å². The van der Waals surface area contributed by atoms with Crippen LogP contribution in [0.5, 0.6) is 0 Å². The molecule has 1 atom stereocenters. The van der Waals surface area contributed by atoms with E-state index in [0.29, 0.717) is 0 Å². The van der Waals surface area contributed by atoms with Crippen molar-refractivity contribution in [2.75, 3.05) is 0 Å². The van der Waals surface area contributed by atoms with Crippen LogP contribution in [0.3, 0.4) is 0 Å². The van der Waals surface area contributed by atoms with E-state index in [4.69, 9.17) is 16.7 Å². The fourth-order valence-electron chi connectivity index (χ4n) is 1.04. The van der Waals surface area contributed by atoms with Gasteiger partial charge in [-0.25, -0.2) is 12.8 Å². The summed E-state index contributed by atoms with van der Waals surface area (Å²) in [6, 6.07) is 1.42. The monoisotopic (exact) mass is 281 g/mol. The van der Waals surface area contributed by atoms with Gasteiger partial charge in [0.15, 0.2) is 0 Å². The molecule has 0 aliphatic rings. The molecule has 0 aliphatic carbocycles. The second-order valence-electron chi connectivity index (χ2n) is 3.26. The van der Waals surface area contributed by atoms with Gasteiger partial charge in [-0.1, -0.05) is 11.6 Å². The fraction of sp³-hybridized carbons (Fsp3) is 0.222. The van der Waals surface area contributed by atoms with Gasteiger partial charge in [-0.15, -0.1) is 0 Å². The van der Waals surface area contributed by atoms with Crippen molar-refractivity contribution >= 4 is 27.6 Å². The Morgan fingerprint density at radius 3 is 2.59 bits per heavy atom. The van der Waals surface area contributed by atoms with Crippen molar-refractivity contribution in [1.82, 2.24) is 4.72 Å². The standard InChI is InChI=1S/C9H9ClFNO4S/c1-5(9(13)14)12-17(15,16)8-3-2-6(11)4-7(8)10/h2-5,12H,1H3,(H,13,14). The second-order valence-corrected chi connectivity index (χ2v) is 5.35. The number of rotatable bonds is 4. The zero-order chi connectivity index (χ0) is 13.2. The van der Waals surface area contributed by atoms with Crippen LogP contribution in [0, 0.1) is 5.82 Å². The number of sulfonamides is 1. The Labute approximate surface area is 102 Å². The number of aliphatic carboxylic acids is 1. The van der Waals surface area contributed by atoms with E-state index in [0.717, 1.165) is 25.1 Å². The van der Waals surface area contributed by atoms with Gasteiger partial charge in [-0.05, 0) is 25.1 Å². The van der Waals surface area contributed by atoms with Crippen molar-refractivity contribution in [1.29, 1.82) is 0 Å². The third kappa shape index (κ3) is 3.39. The Hall–Kier alpha value is -1.18. The lowest BCUT2D eigenvalue weighted by atomic mass is 10.3. The molecule has 17 heavy (non-hydrogen) atoms. The first-order chi connectivity index (χ1) is 7.74. The summed E-state index contributed by atoms with van der Waals surface area (Å²) in [6.07, 6.45) is 0. The van der Waals surface area contributed by atoms with E-state index in [1.807, 2.05) is 4.72 Å². The summed E-state index contributed by atoms with van der Waals surface area (Å²) in [5.74, 6) is -2.01. The predicted octanol–water partition coefficient (Wildman–Crippen LogP) is 1.23. The van der Waals surface area contributed by atoms with Crippen LogP contribution in [0.1, 0.15) is 6.92 Å². The van der Waals surface area contributed by atoms with Crippen LogP contribution >= 0.6 is 11.6 Å². The molecule has 94 valence electrons. The number of hydrogen-bond donors (Lipinski definition) is 2. The molecule has 1 rings (SSSR count). The van der Waals surface area contributed by atoms with Gasteiger partial charge >= 0.3 is 5.97 Å². The third-order valence-corrected chi connectivity index (χ3v) is 3.91. The molecule has 0 radical (unpaired) electrons. The summed E-state index contributed by atoms with van der Waals surface area (Å²) in [5, 5.41) is 8.28. The van der Waals surface area contributed by atoms with Gasteiger partial charge in [0.05, 0.1) is 5.02 Å². The quantitative estimate of drug-likeness (QED) is 0.869. The van der Waals surface area contributed by atoms with Gasteiger partial charge in [-0.2, -0.15) is 4.72 Å². The van der Waals surface area contributed by atoms with E-state index in [1.165, 1.54) is 0 Å². The summed E-state index contributed by atoms with van der Waals surface area (Å²) in [5.41, 5.74) is 0. The number of halogens is 2. The SMILES string of the molecule is CC(NS(=O)(=O)c1ccc(F)cc1Cl)C(=O)O. The predicted molar refractivity (Wildman–Crippen MR) is 58.8 cm³/mol. The molecule has 0 aromatic heterocycles. The Morgan fingerprint density at radius 1 is 1.53 bits per heavy atom. The number of carboxylic acids is 1. The average molecular weight is 282 g/mol. The first kappa shape index (κ1) is 13.9. The average Bonchev–Trinajstić information content (AvgIpc) is 2.15. The molecule has 0 spiro atoms. The molecule has 1 aromatic rings. The normalized spacial score (nSPS) is 13.4. The van der Waals surface area contributed by atoms with E-state index >= 15 is 0 Å². The number of nitrogens with one attached hydrogen (secondary N) is 1. The number of benzene rings is 1. The van der Waals surface area contributed by atoms with E-state index in [-0.39, 0.29) is 9.92 Å². The van der Waals surface area contributed by atoms with Crippen LogP contribution in [0.15, 0.2) is 23.1 Å². The minimum Gasteiger partial charge on any atom is -0.480 e. The highest BCUT2D eigenvalue weighted by molar-refractivity contribution is 7.89. The lowest BCUT2D eigenvalue weighted by molar-refractivity contribution is -0.138. The van der Waals surface area contributed by atoms with Crippen molar-refractivity contribution in [2.45, 2.75) is 17.9 Å². The van der Waals surface area contributed by atoms with Crippen LogP contribution in [0.25, 0.3) is 0 Å². The maximum atomic E-state index is 12.7. The molecule has 5 nitrogen and oxygen atoms in total. The maximum Gasteiger partial charge on any atom is 0.321 e. The molecule has 0 saturated heterocycles.